The Labute approximate surface area is 119 Å². The number of carbonyl (C=O) groups is 1. The Balaban J connectivity index is 2.08. The minimum atomic E-state index is -0.836. The van der Waals surface area contributed by atoms with Gasteiger partial charge in [0.2, 0.25) is 0 Å². The number of hydrogen-bond acceptors (Lipinski definition) is 4. The van der Waals surface area contributed by atoms with Crippen molar-refractivity contribution >= 4 is 5.91 Å². The lowest BCUT2D eigenvalue weighted by atomic mass is 9.93. The summed E-state index contributed by atoms with van der Waals surface area (Å²) in [7, 11) is 3.53. The minimum Gasteiger partial charge on any atom is -0.388 e. The zero-order valence-corrected chi connectivity index (χ0v) is 12.4. The van der Waals surface area contributed by atoms with Crippen LogP contribution in [0.25, 0.3) is 0 Å². The number of aliphatic hydroxyl groups is 1. The Bertz CT molecular complexity index is 478. The zero-order chi connectivity index (χ0) is 14.8. The van der Waals surface area contributed by atoms with Crippen molar-refractivity contribution in [3.8, 4) is 0 Å². The van der Waals surface area contributed by atoms with Gasteiger partial charge in [0, 0.05) is 52.9 Å². The number of aryl methyl sites for hydroxylation is 2. The predicted octanol–water partition coefficient (Wildman–Crippen LogP) is 0.596. The second kappa shape index (κ2) is 5.93. The third kappa shape index (κ3) is 3.19. The van der Waals surface area contributed by atoms with Crippen LogP contribution in [-0.4, -0.2) is 58.1 Å². The molecule has 0 atom stereocenters. The highest BCUT2D eigenvalue weighted by atomic mass is 16.5. The second-order valence-electron chi connectivity index (χ2n) is 5.51. The molecule has 2 rings (SSSR count). The number of amides is 1. The van der Waals surface area contributed by atoms with Gasteiger partial charge in [0.05, 0.1) is 16.9 Å². The maximum atomic E-state index is 12.5. The van der Waals surface area contributed by atoms with Gasteiger partial charge in [-0.1, -0.05) is 6.92 Å². The molecule has 1 aromatic heterocycles. The highest BCUT2D eigenvalue weighted by Crippen LogP contribution is 2.22. The lowest BCUT2D eigenvalue weighted by molar-refractivity contribution is -0.0734. The molecular formula is C14H23N3O3. The fourth-order valence-electron chi connectivity index (χ4n) is 2.60. The molecule has 1 fully saturated rings. The van der Waals surface area contributed by atoms with Gasteiger partial charge in [0.25, 0.3) is 5.91 Å². The summed E-state index contributed by atoms with van der Waals surface area (Å²) in [5, 5.41) is 14.8. The smallest absolute Gasteiger partial charge is 0.257 e. The topological polar surface area (TPSA) is 67.6 Å². The third-order valence-electron chi connectivity index (χ3n) is 3.77. The van der Waals surface area contributed by atoms with E-state index in [2.05, 4.69) is 5.10 Å². The monoisotopic (exact) mass is 281 g/mol. The van der Waals surface area contributed by atoms with E-state index < -0.39 is 5.60 Å². The lowest BCUT2D eigenvalue weighted by Crippen LogP contribution is -2.47. The van der Waals surface area contributed by atoms with Crippen LogP contribution in [0.5, 0.6) is 0 Å². The van der Waals surface area contributed by atoms with E-state index in [9.17, 15) is 9.90 Å². The summed E-state index contributed by atoms with van der Waals surface area (Å²) >= 11 is 0. The average molecular weight is 281 g/mol. The van der Waals surface area contributed by atoms with Crippen LogP contribution in [0.15, 0.2) is 6.20 Å². The van der Waals surface area contributed by atoms with Gasteiger partial charge in [0.1, 0.15) is 0 Å². The predicted molar refractivity (Wildman–Crippen MR) is 74.5 cm³/mol. The van der Waals surface area contributed by atoms with E-state index in [-0.39, 0.29) is 5.91 Å². The van der Waals surface area contributed by atoms with Crippen LogP contribution in [0.1, 0.15) is 35.8 Å². The molecule has 0 radical (unpaired) electrons. The summed E-state index contributed by atoms with van der Waals surface area (Å²) < 4.78 is 6.91. The van der Waals surface area contributed by atoms with Gasteiger partial charge in [-0.3, -0.25) is 9.48 Å². The molecule has 20 heavy (non-hydrogen) atoms. The van der Waals surface area contributed by atoms with Crippen molar-refractivity contribution in [3.63, 3.8) is 0 Å². The van der Waals surface area contributed by atoms with E-state index in [1.165, 1.54) is 0 Å². The second-order valence-corrected chi connectivity index (χ2v) is 5.51. The molecule has 2 heterocycles. The van der Waals surface area contributed by atoms with E-state index in [1.54, 1.807) is 22.8 Å². The Morgan fingerprint density at radius 1 is 1.55 bits per heavy atom. The molecule has 0 spiro atoms. The van der Waals surface area contributed by atoms with Crippen molar-refractivity contribution in [1.82, 2.24) is 14.7 Å². The molecule has 6 nitrogen and oxygen atoms in total. The van der Waals surface area contributed by atoms with Crippen LogP contribution in [0.4, 0.5) is 0 Å². The Morgan fingerprint density at radius 3 is 2.80 bits per heavy atom. The van der Waals surface area contributed by atoms with Crippen molar-refractivity contribution < 1.29 is 14.6 Å². The molecule has 0 bridgehead atoms. The summed E-state index contributed by atoms with van der Waals surface area (Å²) in [6.07, 6.45) is 3.59. The first kappa shape index (κ1) is 15.0. The number of hydrogen-bond donors (Lipinski definition) is 1. The van der Waals surface area contributed by atoms with Gasteiger partial charge in [-0.2, -0.15) is 5.10 Å². The van der Waals surface area contributed by atoms with Gasteiger partial charge < -0.3 is 14.7 Å². The zero-order valence-electron chi connectivity index (χ0n) is 12.4. The third-order valence-corrected chi connectivity index (χ3v) is 3.77. The lowest BCUT2D eigenvalue weighted by Gasteiger charge is -2.35. The molecule has 112 valence electrons. The van der Waals surface area contributed by atoms with Crippen LogP contribution in [0.3, 0.4) is 0 Å². The molecule has 0 unspecified atom stereocenters. The van der Waals surface area contributed by atoms with Crippen molar-refractivity contribution in [2.45, 2.75) is 31.8 Å². The number of carbonyl (C=O) groups excluding carboxylic acids is 1. The van der Waals surface area contributed by atoms with E-state index in [0.717, 1.165) is 5.69 Å². The molecule has 1 aliphatic rings. The highest BCUT2D eigenvalue weighted by Gasteiger charge is 2.33. The van der Waals surface area contributed by atoms with E-state index in [0.29, 0.717) is 44.6 Å². The number of nitrogens with zero attached hydrogens (tertiary/aromatic N) is 3. The van der Waals surface area contributed by atoms with E-state index in [4.69, 9.17) is 4.74 Å². The van der Waals surface area contributed by atoms with Gasteiger partial charge >= 0.3 is 0 Å². The normalized spacial score (nSPS) is 18.0. The SMILES string of the molecule is CCc1nn(C)cc1C(=O)N(C)CC1(O)CCOCC1. The molecule has 6 heteroatoms. The van der Waals surface area contributed by atoms with E-state index in [1.807, 2.05) is 14.0 Å². The number of likely N-dealkylation sites (N-methyl/N-ethyl adjacent to an activating group) is 1. The molecule has 1 aliphatic heterocycles. The summed E-state index contributed by atoms with van der Waals surface area (Å²) in [4.78, 5) is 14.1. The Hall–Kier alpha value is -1.40. The number of ether oxygens (including phenoxy) is 1. The quantitative estimate of drug-likeness (QED) is 0.877. The summed E-state index contributed by atoms with van der Waals surface area (Å²) in [6.45, 7) is 3.40. The fraction of sp³-hybridized carbons (Fsp3) is 0.714. The van der Waals surface area contributed by atoms with Gasteiger partial charge in [-0.25, -0.2) is 0 Å². The first-order valence-corrected chi connectivity index (χ1v) is 7.03. The first-order valence-electron chi connectivity index (χ1n) is 7.03. The number of aromatic nitrogens is 2. The number of rotatable bonds is 4. The molecule has 1 saturated heterocycles. The molecule has 1 aromatic rings. The maximum absolute atomic E-state index is 12.5. The minimum absolute atomic E-state index is 0.0881. The highest BCUT2D eigenvalue weighted by molar-refractivity contribution is 5.95. The molecule has 1 N–H and O–H groups in total. The van der Waals surface area contributed by atoms with Gasteiger partial charge in [-0.05, 0) is 6.42 Å². The van der Waals surface area contributed by atoms with Crippen LogP contribution < -0.4 is 0 Å². The van der Waals surface area contributed by atoms with Crippen LogP contribution in [0, 0.1) is 0 Å². The molecule has 0 saturated carbocycles. The summed E-state index contributed by atoms with van der Waals surface area (Å²) in [6, 6.07) is 0. The Morgan fingerprint density at radius 2 is 2.20 bits per heavy atom. The molecule has 0 aromatic carbocycles. The first-order chi connectivity index (χ1) is 9.45. The van der Waals surface area contributed by atoms with Crippen molar-refractivity contribution in [3.05, 3.63) is 17.5 Å². The van der Waals surface area contributed by atoms with Crippen LogP contribution in [0.2, 0.25) is 0 Å². The van der Waals surface area contributed by atoms with Crippen molar-refractivity contribution in [2.75, 3.05) is 26.8 Å². The van der Waals surface area contributed by atoms with Crippen molar-refractivity contribution in [1.29, 1.82) is 0 Å². The van der Waals surface area contributed by atoms with Crippen LogP contribution in [-0.2, 0) is 18.2 Å². The molecule has 0 aliphatic carbocycles. The van der Waals surface area contributed by atoms with Crippen LogP contribution >= 0.6 is 0 Å². The van der Waals surface area contributed by atoms with Gasteiger partial charge in [0.15, 0.2) is 0 Å². The Kier molecular flexibility index (Phi) is 4.45. The summed E-state index contributed by atoms with van der Waals surface area (Å²) in [5.74, 6) is -0.0881. The standard InChI is InChI=1S/C14H23N3O3/c1-4-12-11(9-17(3)15-12)13(18)16(2)10-14(19)5-7-20-8-6-14/h9,19H,4-8,10H2,1-3H3. The fourth-order valence-corrected chi connectivity index (χ4v) is 2.60. The van der Waals surface area contributed by atoms with Crippen molar-refractivity contribution in [2.24, 2.45) is 7.05 Å². The molecule has 1 amide bonds. The maximum Gasteiger partial charge on any atom is 0.257 e. The van der Waals surface area contributed by atoms with E-state index >= 15 is 0 Å². The summed E-state index contributed by atoms with van der Waals surface area (Å²) in [5.41, 5.74) is 0.577. The average Bonchev–Trinajstić information content (AvgIpc) is 2.79. The largest absolute Gasteiger partial charge is 0.388 e. The van der Waals surface area contributed by atoms with Gasteiger partial charge in [-0.15, -0.1) is 0 Å². The molecular weight excluding hydrogens is 258 g/mol.